The highest BCUT2D eigenvalue weighted by atomic mass is 79.9. The number of hydroxylamine groups is 1. The molecule has 0 fully saturated rings. The molecule has 164 valence electrons. The molecule has 0 bridgehead atoms. The van der Waals surface area contributed by atoms with E-state index in [0.717, 1.165) is 27.9 Å². The van der Waals surface area contributed by atoms with Gasteiger partial charge in [-0.1, -0.05) is 34.1 Å². The first kappa shape index (κ1) is 22.4. The van der Waals surface area contributed by atoms with Crippen LogP contribution in [0.25, 0.3) is 5.70 Å². The number of nitrogens with one attached hydrogen (secondary N) is 1. The van der Waals surface area contributed by atoms with E-state index in [1.807, 2.05) is 42.5 Å². The molecule has 1 N–H and O–H groups in total. The van der Waals surface area contributed by atoms with E-state index < -0.39 is 4.92 Å². The summed E-state index contributed by atoms with van der Waals surface area (Å²) >= 11 is 5.49. The normalized spacial score (nSPS) is 18.2. The standard InChI is InChI=1S/C24H21BrN2O4S/c1-24(16-32-21-5-3-2-4-6-21)15-22(25)23(26-31-24)17-7-11-19(12-8-17)30-20-13-9-18(10-14-20)27(28)29/h2-14,26H,15-16H2,1H3. The summed E-state index contributed by atoms with van der Waals surface area (Å²) in [7, 11) is 0. The maximum atomic E-state index is 10.8. The fourth-order valence-electron chi connectivity index (χ4n) is 3.19. The van der Waals surface area contributed by atoms with E-state index >= 15 is 0 Å². The SMILES string of the molecule is CC1(CSc2ccccc2)CC(Br)=C(c2ccc(Oc3ccc([N+](=O)[O-])cc3)cc2)NO1. The molecule has 1 aliphatic rings. The van der Waals surface area contributed by atoms with Gasteiger partial charge in [0, 0.05) is 39.2 Å². The quantitative estimate of drug-likeness (QED) is 0.210. The van der Waals surface area contributed by atoms with Crippen LogP contribution in [0.1, 0.15) is 18.9 Å². The van der Waals surface area contributed by atoms with Crippen LogP contribution in [0.15, 0.2) is 88.2 Å². The van der Waals surface area contributed by atoms with Crippen LogP contribution in [0, 0.1) is 10.1 Å². The van der Waals surface area contributed by atoms with Gasteiger partial charge in [0.25, 0.3) is 5.69 Å². The van der Waals surface area contributed by atoms with Crippen molar-refractivity contribution in [3.63, 3.8) is 0 Å². The molecule has 6 nitrogen and oxygen atoms in total. The number of halogens is 1. The number of nitro groups is 1. The maximum absolute atomic E-state index is 10.8. The van der Waals surface area contributed by atoms with Gasteiger partial charge in [-0.05, 0) is 55.5 Å². The fourth-order valence-corrected chi connectivity index (χ4v) is 5.08. The summed E-state index contributed by atoms with van der Waals surface area (Å²) in [6.07, 6.45) is 0.746. The number of rotatable bonds is 7. The Balaban J connectivity index is 1.40. The van der Waals surface area contributed by atoms with E-state index in [-0.39, 0.29) is 11.3 Å². The van der Waals surface area contributed by atoms with Crippen LogP contribution in [0.4, 0.5) is 5.69 Å². The van der Waals surface area contributed by atoms with E-state index in [4.69, 9.17) is 9.57 Å². The number of ether oxygens (including phenoxy) is 1. The largest absolute Gasteiger partial charge is 0.457 e. The van der Waals surface area contributed by atoms with Crippen LogP contribution in [0.2, 0.25) is 0 Å². The zero-order valence-corrected chi connectivity index (χ0v) is 19.7. The van der Waals surface area contributed by atoms with E-state index in [0.29, 0.717) is 11.5 Å². The van der Waals surface area contributed by atoms with E-state index in [2.05, 4.69) is 40.5 Å². The van der Waals surface area contributed by atoms with Crippen LogP contribution >= 0.6 is 27.7 Å². The molecule has 1 atom stereocenters. The van der Waals surface area contributed by atoms with Crippen molar-refractivity contribution in [3.05, 3.63) is 99.0 Å². The Labute approximate surface area is 198 Å². The lowest BCUT2D eigenvalue weighted by Crippen LogP contribution is -2.41. The Morgan fingerprint density at radius 1 is 1.06 bits per heavy atom. The van der Waals surface area contributed by atoms with Gasteiger partial charge in [-0.3, -0.25) is 20.4 Å². The van der Waals surface area contributed by atoms with Gasteiger partial charge in [-0.15, -0.1) is 11.8 Å². The third kappa shape index (κ3) is 5.51. The lowest BCUT2D eigenvalue weighted by molar-refractivity contribution is -0.384. The molecule has 32 heavy (non-hydrogen) atoms. The van der Waals surface area contributed by atoms with Crippen molar-refractivity contribution in [2.45, 2.75) is 23.8 Å². The van der Waals surface area contributed by atoms with Gasteiger partial charge in [0.15, 0.2) is 0 Å². The number of hydrogen-bond acceptors (Lipinski definition) is 6. The van der Waals surface area contributed by atoms with E-state index in [1.54, 1.807) is 23.9 Å². The number of nitrogens with zero attached hydrogens (tertiary/aromatic N) is 1. The van der Waals surface area contributed by atoms with Crippen LogP contribution in [-0.4, -0.2) is 16.3 Å². The lowest BCUT2D eigenvalue weighted by Gasteiger charge is -2.35. The molecule has 1 heterocycles. The molecular weight excluding hydrogens is 492 g/mol. The first-order chi connectivity index (χ1) is 15.4. The van der Waals surface area contributed by atoms with Crippen molar-refractivity contribution in [2.24, 2.45) is 0 Å². The van der Waals surface area contributed by atoms with Crippen LogP contribution < -0.4 is 10.2 Å². The Hall–Kier alpha value is -2.81. The molecule has 1 unspecified atom stereocenters. The van der Waals surface area contributed by atoms with Crippen molar-refractivity contribution < 1.29 is 14.5 Å². The van der Waals surface area contributed by atoms with E-state index in [1.165, 1.54) is 17.0 Å². The minimum atomic E-state index is -0.436. The number of nitro benzene ring substituents is 1. The average Bonchev–Trinajstić information content (AvgIpc) is 2.80. The highest BCUT2D eigenvalue weighted by Gasteiger charge is 2.33. The number of hydrogen-bond donors (Lipinski definition) is 1. The van der Waals surface area contributed by atoms with Crippen molar-refractivity contribution >= 4 is 39.1 Å². The zero-order valence-electron chi connectivity index (χ0n) is 17.3. The fraction of sp³-hybridized carbons (Fsp3) is 0.167. The second-order valence-corrected chi connectivity index (χ2v) is 9.60. The predicted octanol–water partition coefficient (Wildman–Crippen LogP) is 6.93. The molecule has 0 saturated heterocycles. The molecule has 0 radical (unpaired) electrons. The molecule has 3 aromatic rings. The third-order valence-electron chi connectivity index (χ3n) is 4.91. The van der Waals surface area contributed by atoms with Crippen LogP contribution in [-0.2, 0) is 4.84 Å². The smallest absolute Gasteiger partial charge is 0.269 e. The predicted molar refractivity (Wildman–Crippen MR) is 130 cm³/mol. The topological polar surface area (TPSA) is 73.6 Å². The second kappa shape index (κ2) is 9.77. The van der Waals surface area contributed by atoms with Gasteiger partial charge in [-0.2, -0.15) is 0 Å². The Morgan fingerprint density at radius 3 is 2.28 bits per heavy atom. The molecule has 8 heteroatoms. The molecule has 4 rings (SSSR count). The minimum absolute atomic E-state index is 0.0297. The summed E-state index contributed by atoms with van der Waals surface area (Å²) in [5, 5.41) is 10.8. The Bertz CT molecular complexity index is 1120. The summed E-state index contributed by atoms with van der Waals surface area (Å²) in [6.45, 7) is 2.09. The summed E-state index contributed by atoms with van der Waals surface area (Å²) < 4.78 is 6.83. The first-order valence-corrected chi connectivity index (χ1v) is 11.7. The van der Waals surface area contributed by atoms with Crippen molar-refractivity contribution in [3.8, 4) is 11.5 Å². The Morgan fingerprint density at radius 2 is 1.69 bits per heavy atom. The summed E-state index contributed by atoms with van der Waals surface area (Å²) in [5.41, 5.74) is 4.64. The summed E-state index contributed by atoms with van der Waals surface area (Å²) in [6, 6.07) is 23.9. The summed E-state index contributed by atoms with van der Waals surface area (Å²) in [5.74, 6) is 1.99. The third-order valence-corrected chi connectivity index (χ3v) is 6.95. The van der Waals surface area contributed by atoms with E-state index in [9.17, 15) is 10.1 Å². The van der Waals surface area contributed by atoms with Gasteiger partial charge in [0.1, 0.15) is 17.1 Å². The average molecular weight is 513 g/mol. The number of non-ortho nitro benzene ring substituents is 1. The molecular formula is C24H21BrN2O4S. The highest BCUT2D eigenvalue weighted by Crippen LogP contribution is 2.38. The molecule has 0 spiro atoms. The highest BCUT2D eigenvalue weighted by molar-refractivity contribution is 9.11. The van der Waals surface area contributed by atoms with Gasteiger partial charge in [0.2, 0.25) is 0 Å². The molecule has 0 aromatic heterocycles. The van der Waals surface area contributed by atoms with Crippen LogP contribution in [0.5, 0.6) is 11.5 Å². The zero-order chi connectivity index (χ0) is 22.6. The molecule has 0 saturated carbocycles. The molecule has 3 aromatic carbocycles. The molecule has 0 amide bonds. The molecule has 0 aliphatic carbocycles. The summed E-state index contributed by atoms with van der Waals surface area (Å²) in [4.78, 5) is 17.6. The molecule has 1 aliphatic heterocycles. The lowest BCUT2D eigenvalue weighted by atomic mass is 10.0. The van der Waals surface area contributed by atoms with Gasteiger partial charge >= 0.3 is 0 Å². The van der Waals surface area contributed by atoms with Gasteiger partial charge < -0.3 is 4.74 Å². The number of benzene rings is 3. The van der Waals surface area contributed by atoms with Crippen molar-refractivity contribution in [1.82, 2.24) is 5.48 Å². The second-order valence-electron chi connectivity index (χ2n) is 7.59. The first-order valence-electron chi connectivity index (χ1n) is 9.95. The Kier molecular flexibility index (Phi) is 6.83. The monoisotopic (exact) mass is 512 g/mol. The van der Waals surface area contributed by atoms with Crippen molar-refractivity contribution in [1.29, 1.82) is 0 Å². The maximum Gasteiger partial charge on any atom is 0.269 e. The van der Waals surface area contributed by atoms with Gasteiger partial charge in [-0.25, -0.2) is 0 Å². The minimum Gasteiger partial charge on any atom is -0.457 e. The number of thioether (sulfide) groups is 1. The van der Waals surface area contributed by atoms with Crippen molar-refractivity contribution in [2.75, 3.05) is 5.75 Å². The van der Waals surface area contributed by atoms with Crippen LogP contribution in [0.3, 0.4) is 0 Å². The van der Waals surface area contributed by atoms with Gasteiger partial charge in [0.05, 0.1) is 10.6 Å².